The fourth-order valence-electron chi connectivity index (χ4n) is 4.71. The van der Waals surface area contributed by atoms with Crippen LogP contribution in [0.4, 0.5) is 21.5 Å². The fraction of sp³-hybridized carbons (Fsp3) is 0.222. The maximum absolute atomic E-state index is 14.1. The number of rotatable bonds is 3. The number of Topliss-reactive ketones (excluding diaryl/α,β-unsaturated/α-hetero) is 1. The minimum absolute atomic E-state index is 0.0926. The number of nitrogens with zero attached hydrogens (tertiary/aromatic N) is 1. The SMILES string of the molecule is CN(C)c1ccc(C2CC(=O)C3=C(C2)Nc2ccccc2NC3c2cccc(F)c2)cc1. The molecule has 1 aliphatic carbocycles. The third kappa shape index (κ3) is 3.75. The topological polar surface area (TPSA) is 44.4 Å². The van der Waals surface area contributed by atoms with Gasteiger partial charge in [-0.3, -0.25) is 4.79 Å². The van der Waals surface area contributed by atoms with Gasteiger partial charge in [-0.25, -0.2) is 4.39 Å². The highest BCUT2D eigenvalue weighted by Gasteiger charge is 2.36. The van der Waals surface area contributed by atoms with E-state index in [9.17, 15) is 9.18 Å². The quantitative estimate of drug-likeness (QED) is 0.549. The summed E-state index contributed by atoms with van der Waals surface area (Å²) in [6.45, 7) is 0. The second-order valence-corrected chi connectivity index (χ2v) is 8.71. The van der Waals surface area contributed by atoms with Crippen LogP contribution in [-0.4, -0.2) is 19.9 Å². The van der Waals surface area contributed by atoms with Crippen LogP contribution < -0.4 is 15.5 Å². The summed E-state index contributed by atoms with van der Waals surface area (Å²) < 4.78 is 14.1. The molecule has 0 saturated carbocycles. The average Bonchev–Trinajstić information content (AvgIpc) is 2.96. The normalized spacial score (nSPS) is 19.9. The summed E-state index contributed by atoms with van der Waals surface area (Å²) in [5.74, 6) is -0.113. The molecule has 0 saturated heterocycles. The molecule has 2 N–H and O–H groups in total. The van der Waals surface area contributed by atoms with Gasteiger partial charge in [0, 0.05) is 37.5 Å². The van der Waals surface area contributed by atoms with Crippen molar-refractivity contribution in [2.45, 2.75) is 24.8 Å². The Morgan fingerprint density at radius 1 is 0.875 bits per heavy atom. The van der Waals surface area contributed by atoms with Crippen LogP contribution in [0, 0.1) is 5.82 Å². The smallest absolute Gasteiger partial charge is 0.163 e. The van der Waals surface area contributed by atoms with Crippen molar-refractivity contribution in [3.63, 3.8) is 0 Å². The van der Waals surface area contributed by atoms with Crippen LogP contribution in [0.1, 0.15) is 35.9 Å². The molecule has 0 bridgehead atoms. The van der Waals surface area contributed by atoms with Crippen LogP contribution in [0.5, 0.6) is 0 Å². The van der Waals surface area contributed by atoms with E-state index in [4.69, 9.17) is 0 Å². The van der Waals surface area contributed by atoms with Crippen molar-refractivity contribution in [3.8, 4) is 0 Å². The van der Waals surface area contributed by atoms with Crippen molar-refractivity contribution in [2.75, 3.05) is 29.6 Å². The summed E-state index contributed by atoms with van der Waals surface area (Å²) in [4.78, 5) is 15.6. The average molecular weight is 428 g/mol. The summed E-state index contributed by atoms with van der Waals surface area (Å²) in [6, 6.07) is 22.4. The summed E-state index contributed by atoms with van der Waals surface area (Å²) in [5, 5.41) is 7.02. The van der Waals surface area contributed by atoms with Crippen molar-refractivity contribution in [2.24, 2.45) is 0 Å². The van der Waals surface area contributed by atoms with Crippen molar-refractivity contribution in [3.05, 3.63) is 101 Å². The molecule has 5 rings (SSSR count). The highest BCUT2D eigenvalue weighted by Crippen LogP contribution is 2.44. The summed E-state index contributed by atoms with van der Waals surface area (Å²) in [7, 11) is 4.03. The van der Waals surface area contributed by atoms with Gasteiger partial charge < -0.3 is 15.5 Å². The number of carbonyl (C=O) groups is 1. The number of benzene rings is 3. The van der Waals surface area contributed by atoms with Gasteiger partial charge in [0.15, 0.2) is 5.78 Å². The minimum Gasteiger partial charge on any atom is -0.378 e. The Balaban J connectivity index is 1.56. The van der Waals surface area contributed by atoms with Gasteiger partial charge in [0.1, 0.15) is 5.82 Å². The molecule has 5 heteroatoms. The molecule has 0 amide bonds. The minimum atomic E-state index is -0.401. The molecule has 2 unspecified atom stereocenters. The molecule has 0 spiro atoms. The van der Waals surface area contributed by atoms with Gasteiger partial charge in [0.2, 0.25) is 0 Å². The molecule has 3 aromatic rings. The predicted molar refractivity (Wildman–Crippen MR) is 128 cm³/mol. The Hall–Kier alpha value is -3.60. The molecular formula is C27H26FN3O. The fourth-order valence-corrected chi connectivity index (χ4v) is 4.71. The summed E-state index contributed by atoms with van der Waals surface area (Å²) >= 11 is 0. The Labute approximate surface area is 187 Å². The molecule has 1 aliphatic heterocycles. The molecule has 3 aromatic carbocycles. The number of halogens is 1. The molecular weight excluding hydrogens is 401 g/mol. The molecule has 1 heterocycles. The Morgan fingerprint density at radius 2 is 1.62 bits per heavy atom. The number of anilines is 3. The lowest BCUT2D eigenvalue weighted by Gasteiger charge is -2.30. The van der Waals surface area contributed by atoms with Gasteiger partial charge in [0.05, 0.1) is 17.4 Å². The molecule has 4 nitrogen and oxygen atoms in total. The molecule has 2 aliphatic rings. The first-order chi connectivity index (χ1) is 15.5. The zero-order valence-corrected chi connectivity index (χ0v) is 18.2. The van der Waals surface area contributed by atoms with E-state index in [1.54, 1.807) is 6.07 Å². The van der Waals surface area contributed by atoms with Crippen molar-refractivity contribution < 1.29 is 9.18 Å². The van der Waals surface area contributed by atoms with Gasteiger partial charge in [0.25, 0.3) is 0 Å². The second kappa shape index (κ2) is 8.15. The summed E-state index contributed by atoms with van der Waals surface area (Å²) in [6.07, 6.45) is 1.16. The molecule has 0 radical (unpaired) electrons. The molecule has 2 atom stereocenters. The number of hydrogen-bond acceptors (Lipinski definition) is 4. The first-order valence-electron chi connectivity index (χ1n) is 10.9. The van der Waals surface area contributed by atoms with Gasteiger partial charge in [-0.2, -0.15) is 0 Å². The molecule has 0 fully saturated rings. The second-order valence-electron chi connectivity index (χ2n) is 8.71. The van der Waals surface area contributed by atoms with E-state index in [2.05, 4.69) is 39.8 Å². The lowest BCUT2D eigenvalue weighted by atomic mass is 9.78. The number of carbonyl (C=O) groups excluding carboxylic acids is 1. The number of nitrogens with one attached hydrogen (secondary N) is 2. The van der Waals surface area contributed by atoms with Crippen LogP contribution in [-0.2, 0) is 4.79 Å². The molecule has 162 valence electrons. The Kier molecular flexibility index (Phi) is 5.17. The maximum Gasteiger partial charge on any atom is 0.163 e. The van der Waals surface area contributed by atoms with E-state index in [-0.39, 0.29) is 17.5 Å². The lowest BCUT2D eigenvalue weighted by Crippen LogP contribution is -2.27. The number of allylic oxidation sites excluding steroid dienone is 1. The lowest BCUT2D eigenvalue weighted by molar-refractivity contribution is -0.116. The van der Waals surface area contributed by atoms with E-state index in [0.717, 1.165) is 40.3 Å². The zero-order chi connectivity index (χ0) is 22.2. The van der Waals surface area contributed by atoms with Crippen LogP contribution >= 0.6 is 0 Å². The first kappa shape index (κ1) is 20.3. The van der Waals surface area contributed by atoms with Crippen molar-refractivity contribution >= 4 is 22.8 Å². The van der Waals surface area contributed by atoms with E-state index in [1.807, 2.05) is 44.4 Å². The monoisotopic (exact) mass is 427 g/mol. The number of para-hydroxylation sites is 2. The van der Waals surface area contributed by atoms with Gasteiger partial charge in [-0.05, 0) is 59.9 Å². The summed E-state index contributed by atoms with van der Waals surface area (Å²) in [5.41, 5.74) is 6.48. The third-order valence-corrected chi connectivity index (χ3v) is 6.37. The van der Waals surface area contributed by atoms with E-state index < -0.39 is 6.04 Å². The largest absolute Gasteiger partial charge is 0.378 e. The Bertz CT molecular complexity index is 1200. The van der Waals surface area contributed by atoms with Gasteiger partial charge in [-0.15, -0.1) is 0 Å². The maximum atomic E-state index is 14.1. The van der Waals surface area contributed by atoms with E-state index >= 15 is 0 Å². The number of ketones is 1. The van der Waals surface area contributed by atoms with Crippen LogP contribution in [0.3, 0.4) is 0 Å². The standard InChI is InChI=1S/C27H26FN3O/c1-31(2)21-12-10-17(11-13-21)19-15-24-26(25(32)16-19)27(18-6-5-7-20(28)14-18)30-23-9-4-3-8-22(23)29-24/h3-14,19,27,29-30H,15-16H2,1-2H3. The van der Waals surface area contributed by atoms with E-state index in [1.165, 1.54) is 12.1 Å². The van der Waals surface area contributed by atoms with Crippen molar-refractivity contribution in [1.29, 1.82) is 0 Å². The Morgan fingerprint density at radius 3 is 2.34 bits per heavy atom. The first-order valence-corrected chi connectivity index (χ1v) is 10.9. The highest BCUT2D eigenvalue weighted by atomic mass is 19.1. The van der Waals surface area contributed by atoms with Crippen molar-refractivity contribution in [1.82, 2.24) is 0 Å². The van der Waals surface area contributed by atoms with Crippen LogP contribution in [0.25, 0.3) is 0 Å². The van der Waals surface area contributed by atoms with Crippen LogP contribution in [0.15, 0.2) is 84.1 Å². The highest BCUT2D eigenvalue weighted by molar-refractivity contribution is 6.01. The molecule has 32 heavy (non-hydrogen) atoms. The van der Waals surface area contributed by atoms with Crippen LogP contribution in [0.2, 0.25) is 0 Å². The third-order valence-electron chi connectivity index (χ3n) is 6.37. The van der Waals surface area contributed by atoms with E-state index in [0.29, 0.717) is 12.0 Å². The predicted octanol–water partition coefficient (Wildman–Crippen LogP) is 5.87. The number of hydrogen-bond donors (Lipinski definition) is 2. The van der Waals surface area contributed by atoms with Gasteiger partial charge in [-0.1, -0.05) is 36.4 Å². The van der Waals surface area contributed by atoms with Gasteiger partial charge >= 0.3 is 0 Å². The molecule has 0 aromatic heterocycles. The number of fused-ring (bicyclic) bond motifs is 1. The zero-order valence-electron chi connectivity index (χ0n) is 18.2.